The highest BCUT2D eigenvalue weighted by atomic mass is 127. The number of hydrogen-bond acceptors (Lipinski definition) is 15. The number of carbonyl (C=O) groups is 4. The Labute approximate surface area is 406 Å². The molecule has 2 saturated heterocycles. The number of halogens is 7. The number of carbonyl (C=O) groups excluding carboxylic acids is 4. The minimum Gasteiger partial charge on any atom is -0.490 e. The molecule has 2 fully saturated rings. The molecule has 4 heterocycles. The summed E-state index contributed by atoms with van der Waals surface area (Å²) < 4.78 is 45.0. The van der Waals surface area contributed by atoms with E-state index >= 15 is 0 Å². The van der Waals surface area contributed by atoms with Crippen LogP contribution in [0.3, 0.4) is 0 Å². The van der Waals surface area contributed by atoms with Gasteiger partial charge in [0, 0.05) is 33.2 Å². The van der Waals surface area contributed by atoms with Crippen LogP contribution < -0.4 is 25.3 Å². The van der Waals surface area contributed by atoms with Gasteiger partial charge in [-0.1, -0.05) is 103 Å². The number of hydrazone groups is 2. The fourth-order valence-corrected chi connectivity index (χ4v) is 5.46. The van der Waals surface area contributed by atoms with Gasteiger partial charge in [0.15, 0.2) is 8.83 Å². The van der Waals surface area contributed by atoms with Crippen LogP contribution in [0.1, 0.15) is 12.8 Å². The fourth-order valence-electron chi connectivity index (χ4n) is 5.35. The second kappa shape index (κ2) is 28.2. The predicted octanol–water partition coefficient (Wildman–Crippen LogP) is 6.39. The number of aliphatic hydroxyl groups excluding tert-OH is 1. The normalized spacial score (nSPS) is 17.8. The average Bonchev–Trinajstić information content (AvgIpc) is 3.81. The van der Waals surface area contributed by atoms with E-state index in [9.17, 15) is 28.0 Å². The van der Waals surface area contributed by atoms with Crippen molar-refractivity contribution in [2.75, 3.05) is 79.6 Å². The number of cyclic esters (lactones) is 2. The molecule has 0 saturated carbocycles. The SMILES string of the molecule is CO.COC(=S)CC[C@H]1CN(c2ccc(N3C=NN(C=O)CC3)c(F)c2)C(=O)O1.IC(I)I.NC[C@H]1CN(c2ccc(N3C=NN(C=O)CC3)c(F)c2)C(=O)O1.S=C(Cl)Cl. The van der Waals surface area contributed by atoms with Crippen LogP contribution in [0.4, 0.5) is 41.1 Å². The minimum absolute atomic E-state index is 0.0556. The van der Waals surface area contributed by atoms with Crippen molar-refractivity contribution < 1.29 is 47.3 Å². The highest BCUT2D eigenvalue weighted by Crippen LogP contribution is 2.30. The number of ether oxygens (including phenoxy) is 3. The summed E-state index contributed by atoms with van der Waals surface area (Å²) in [4.78, 5) is 51.1. The molecule has 4 aliphatic heterocycles. The molecule has 0 aromatic heterocycles. The van der Waals surface area contributed by atoms with E-state index in [2.05, 4.69) is 90.2 Å². The number of alkyl halides is 3. The van der Waals surface area contributed by atoms with Gasteiger partial charge in [0.25, 0.3) is 0 Å². The summed E-state index contributed by atoms with van der Waals surface area (Å²) in [6.45, 7) is 2.44. The number of amides is 4. The molecule has 60 heavy (non-hydrogen) atoms. The Balaban J connectivity index is 0.000000341. The molecule has 2 aromatic carbocycles. The van der Waals surface area contributed by atoms with E-state index in [1.165, 1.54) is 51.7 Å². The molecule has 4 amide bonds. The predicted molar refractivity (Wildman–Crippen MR) is 261 cm³/mol. The molecule has 17 nitrogen and oxygen atoms in total. The zero-order valence-corrected chi connectivity index (χ0v) is 41.4. The number of rotatable bonds is 10. The molecule has 26 heteroatoms. The zero-order chi connectivity index (χ0) is 44.9. The molecule has 4 aliphatic rings. The van der Waals surface area contributed by atoms with Crippen LogP contribution in [0.5, 0.6) is 0 Å². The van der Waals surface area contributed by atoms with Crippen molar-refractivity contribution in [2.45, 2.75) is 25.0 Å². The Morgan fingerprint density at radius 3 is 1.58 bits per heavy atom. The van der Waals surface area contributed by atoms with Crippen LogP contribution in [0, 0.1) is 11.6 Å². The first kappa shape index (κ1) is 53.5. The quantitative estimate of drug-likeness (QED) is 0.0878. The monoisotopic (exact) mass is 1250 g/mol. The molecule has 3 N–H and O–H groups in total. The first-order valence-corrected chi connectivity index (χ1v) is 22.5. The summed E-state index contributed by atoms with van der Waals surface area (Å²) in [7, 11) is 2.50. The van der Waals surface area contributed by atoms with Gasteiger partial charge in [-0.25, -0.2) is 28.4 Å². The van der Waals surface area contributed by atoms with Gasteiger partial charge < -0.3 is 34.9 Å². The van der Waals surface area contributed by atoms with Gasteiger partial charge in [0.2, 0.25) is 12.8 Å². The minimum atomic E-state index is -0.534. The lowest BCUT2D eigenvalue weighted by atomic mass is 10.2. The average molecular weight is 1260 g/mol. The van der Waals surface area contributed by atoms with Crippen molar-refractivity contribution in [2.24, 2.45) is 15.9 Å². The molecule has 2 atom stereocenters. The maximum Gasteiger partial charge on any atom is 0.414 e. The summed E-state index contributed by atoms with van der Waals surface area (Å²) in [5.74, 6) is -0.979. The van der Waals surface area contributed by atoms with Gasteiger partial charge in [-0.15, -0.1) is 0 Å². The molecule has 0 radical (unpaired) electrons. The van der Waals surface area contributed by atoms with Crippen molar-refractivity contribution in [1.82, 2.24) is 10.0 Å². The molecule has 2 aromatic rings. The highest BCUT2D eigenvalue weighted by molar-refractivity contribution is 14.3. The van der Waals surface area contributed by atoms with Gasteiger partial charge in [-0.2, -0.15) is 10.2 Å². The lowest BCUT2D eigenvalue weighted by molar-refractivity contribution is -0.118. The maximum atomic E-state index is 14.6. The van der Waals surface area contributed by atoms with Crippen molar-refractivity contribution in [1.29, 1.82) is 0 Å². The first-order chi connectivity index (χ1) is 28.6. The number of nitrogens with zero attached hydrogens (tertiary/aromatic N) is 8. The number of aliphatic hydroxyl groups is 1. The fraction of sp³-hybridized carbons (Fsp3) is 0.412. The van der Waals surface area contributed by atoms with Gasteiger partial charge in [0.05, 0.1) is 56.0 Å². The van der Waals surface area contributed by atoms with Crippen LogP contribution in [0.2, 0.25) is 0 Å². The van der Waals surface area contributed by atoms with Crippen LogP contribution >= 0.6 is 115 Å². The van der Waals surface area contributed by atoms with E-state index in [-0.39, 0.29) is 22.5 Å². The van der Waals surface area contributed by atoms with Gasteiger partial charge in [0.1, 0.15) is 36.5 Å². The van der Waals surface area contributed by atoms with Crippen LogP contribution in [0.15, 0.2) is 46.6 Å². The van der Waals surface area contributed by atoms with E-state index in [4.69, 9.17) is 60.5 Å². The van der Waals surface area contributed by atoms with E-state index in [0.29, 0.717) is 92.7 Å². The van der Waals surface area contributed by atoms with Crippen molar-refractivity contribution in [3.63, 3.8) is 0 Å². The molecule has 6 rings (SSSR count). The van der Waals surface area contributed by atoms with Gasteiger partial charge >= 0.3 is 12.2 Å². The smallest absolute Gasteiger partial charge is 0.414 e. The summed E-state index contributed by atoms with van der Waals surface area (Å²) >= 11 is 25.5. The van der Waals surface area contributed by atoms with Crippen LogP contribution in [-0.2, 0) is 23.8 Å². The number of thiocarbonyl (C=S) groups is 2. The molecule has 0 unspecified atom stereocenters. The summed E-state index contributed by atoms with van der Waals surface area (Å²) in [5, 5.41) is 17.7. The lowest BCUT2D eigenvalue weighted by Gasteiger charge is -2.27. The van der Waals surface area contributed by atoms with Gasteiger partial charge in [-0.3, -0.25) is 19.4 Å². The van der Waals surface area contributed by atoms with Gasteiger partial charge in [-0.05, 0) is 55.0 Å². The largest absolute Gasteiger partial charge is 0.490 e. The van der Waals surface area contributed by atoms with Crippen LogP contribution in [-0.4, -0.2) is 134 Å². The Morgan fingerprint density at radius 2 is 1.27 bits per heavy atom. The van der Waals surface area contributed by atoms with E-state index in [1.54, 1.807) is 34.1 Å². The Morgan fingerprint density at radius 1 is 0.867 bits per heavy atom. The van der Waals surface area contributed by atoms with Crippen LogP contribution in [0.25, 0.3) is 0 Å². The van der Waals surface area contributed by atoms with E-state index in [0.717, 1.165) is 7.05 Å². The molecule has 0 spiro atoms. The second-order valence-corrected chi connectivity index (χ2v) is 24.9. The number of benzene rings is 2. The summed E-state index contributed by atoms with van der Waals surface area (Å²) in [6, 6.07) is 9.00. The van der Waals surface area contributed by atoms with Crippen molar-refractivity contribution in [3.05, 3.63) is 48.0 Å². The Bertz CT molecular complexity index is 1850. The molecular formula is C34H40Cl2F2I3N9O8S2. The third-order valence-electron chi connectivity index (χ3n) is 8.08. The second-order valence-electron chi connectivity index (χ2n) is 11.7. The number of nitrogens with two attached hydrogens (primary N) is 1. The molecular weight excluding hydrogens is 1220 g/mol. The third-order valence-corrected chi connectivity index (χ3v) is 8.45. The number of methoxy groups -OCH3 is 1. The maximum absolute atomic E-state index is 14.6. The van der Waals surface area contributed by atoms with E-state index in [1.807, 2.05) is 0 Å². The number of anilines is 4. The third kappa shape index (κ3) is 17.6. The Hall–Kier alpha value is -2.61. The first-order valence-electron chi connectivity index (χ1n) is 17.2. The standard InChI is InChI=1S/C17H19FN4O4S.C14H16FN5O3.CCl2S.CHI3.CH4O/c1-25-16(27)5-3-13-9-22(17(24)26-13)12-2-4-15(14(18)8-12)20-6-7-21(11-23)19-10-20;15-12-5-10(20-7-11(6-16)23-14(20)22)1-2-13(12)18-3-4-19(9-21)17-8-18;2*2-1(3)4;1-2/h2,4,8,10-11,13H,3,5-7,9H2,1H3;1-2,5,8-9,11H,3-4,6-7,16H2;;1H;2H,1H3/t13-;11-;;;/m00.../s1. The Kier molecular flexibility index (Phi) is 25.1. The number of hydrogen-bond donors (Lipinski definition) is 2. The summed E-state index contributed by atoms with van der Waals surface area (Å²) in [6.07, 6.45) is 3.32. The molecule has 0 bridgehead atoms. The summed E-state index contributed by atoms with van der Waals surface area (Å²) in [5.41, 5.74) is 6.96. The molecule has 330 valence electrons. The van der Waals surface area contributed by atoms with Crippen molar-refractivity contribution in [3.8, 4) is 0 Å². The lowest BCUT2D eigenvalue weighted by Crippen LogP contribution is -2.37. The zero-order valence-electron chi connectivity index (χ0n) is 31.8. The van der Waals surface area contributed by atoms with Crippen molar-refractivity contribution >= 4 is 185 Å². The highest BCUT2D eigenvalue weighted by Gasteiger charge is 2.34. The topological polar surface area (TPSA) is 186 Å². The van der Waals surface area contributed by atoms with E-state index < -0.39 is 23.8 Å². The molecule has 0 aliphatic carbocycles.